The van der Waals surface area contributed by atoms with E-state index in [9.17, 15) is 13.2 Å². The third-order valence-corrected chi connectivity index (χ3v) is 6.36. The Morgan fingerprint density at radius 2 is 2.25 bits per heavy atom. The molecule has 0 aliphatic carbocycles. The van der Waals surface area contributed by atoms with Crippen LogP contribution in [-0.2, 0) is 23.0 Å². The van der Waals surface area contributed by atoms with Crippen LogP contribution in [0.2, 0.25) is 0 Å². The first-order valence-electron chi connectivity index (χ1n) is 7.70. The summed E-state index contributed by atoms with van der Waals surface area (Å²) in [7, 11) is -3.29. The van der Waals surface area contributed by atoms with E-state index in [-0.39, 0.29) is 11.9 Å². The van der Waals surface area contributed by atoms with Gasteiger partial charge in [0.05, 0.1) is 12.3 Å². The van der Waals surface area contributed by atoms with E-state index in [0.29, 0.717) is 31.2 Å². The van der Waals surface area contributed by atoms with Crippen molar-refractivity contribution in [2.24, 2.45) is 0 Å². The molecule has 24 heavy (non-hydrogen) atoms. The average Bonchev–Trinajstić information content (AvgIpc) is 3.15. The Morgan fingerprint density at radius 3 is 2.92 bits per heavy atom. The van der Waals surface area contributed by atoms with Crippen molar-refractivity contribution >= 4 is 27.3 Å². The fourth-order valence-electron chi connectivity index (χ4n) is 2.88. The normalized spacial score (nSPS) is 18.3. The molecule has 0 saturated carbocycles. The number of hydrogen-bond acceptors (Lipinski definition) is 5. The lowest BCUT2D eigenvalue weighted by molar-refractivity contribution is 0.0949. The van der Waals surface area contributed by atoms with Crippen molar-refractivity contribution in [2.75, 3.05) is 19.3 Å². The summed E-state index contributed by atoms with van der Waals surface area (Å²) in [6.07, 6.45) is 3.68. The molecule has 1 aliphatic rings. The summed E-state index contributed by atoms with van der Waals surface area (Å²) in [5.74, 6) is 0.377. The van der Waals surface area contributed by atoms with Crippen molar-refractivity contribution in [1.82, 2.24) is 19.2 Å². The number of nitrogens with zero attached hydrogens (tertiary/aromatic N) is 3. The molecule has 2 aromatic rings. The van der Waals surface area contributed by atoms with Crippen molar-refractivity contribution in [3.8, 4) is 0 Å². The SMILES string of the molecule is C[C@H]1c2nc(C(=O)NCCc3cccs3)cn2CCN1S(C)(=O)=O. The third kappa shape index (κ3) is 3.52. The maximum Gasteiger partial charge on any atom is 0.271 e. The quantitative estimate of drug-likeness (QED) is 0.861. The van der Waals surface area contributed by atoms with E-state index >= 15 is 0 Å². The summed E-state index contributed by atoms with van der Waals surface area (Å²) < 4.78 is 26.9. The molecule has 0 saturated heterocycles. The maximum atomic E-state index is 12.3. The summed E-state index contributed by atoms with van der Waals surface area (Å²) in [5.41, 5.74) is 0.332. The van der Waals surface area contributed by atoms with Crippen LogP contribution < -0.4 is 5.32 Å². The third-order valence-electron chi connectivity index (χ3n) is 4.07. The van der Waals surface area contributed by atoms with Gasteiger partial charge in [-0.1, -0.05) is 6.07 Å². The molecule has 0 spiro atoms. The predicted molar refractivity (Wildman–Crippen MR) is 92.5 cm³/mol. The van der Waals surface area contributed by atoms with E-state index in [2.05, 4.69) is 10.3 Å². The molecule has 130 valence electrons. The number of aromatic nitrogens is 2. The molecule has 0 unspecified atom stereocenters. The van der Waals surface area contributed by atoms with Gasteiger partial charge in [-0.25, -0.2) is 13.4 Å². The van der Waals surface area contributed by atoms with E-state index in [4.69, 9.17) is 0 Å². The maximum absolute atomic E-state index is 12.3. The Bertz CT molecular complexity index is 827. The van der Waals surface area contributed by atoms with Crippen molar-refractivity contribution in [2.45, 2.75) is 25.9 Å². The van der Waals surface area contributed by atoms with E-state index < -0.39 is 10.0 Å². The van der Waals surface area contributed by atoms with Gasteiger partial charge in [-0.05, 0) is 24.8 Å². The van der Waals surface area contributed by atoms with Crippen LogP contribution in [0.25, 0.3) is 0 Å². The van der Waals surface area contributed by atoms with Gasteiger partial charge in [0.25, 0.3) is 5.91 Å². The van der Waals surface area contributed by atoms with Gasteiger partial charge < -0.3 is 9.88 Å². The highest BCUT2D eigenvalue weighted by atomic mass is 32.2. The minimum atomic E-state index is -3.29. The lowest BCUT2D eigenvalue weighted by atomic mass is 10.2. The molecule has 0 radical (unpaired) electrons. The number of fused-ring (bicyclic) bond motifs is 1. The van der Waals surface area contributed by atoms with Crippen molar-refractivity contribution < 1.29 is 13.2 Å². The molecule has 9 heteroatoms. The van der Waals surface area contributed by atoms with Gasteiger partial charge in [-0.3, -0.25) is 4.79 Å². The van der Waals surface area contributed by atoms with Crippen molar-refractivity contribution in [3.05, 3.63) is 40.1 Å². The average molecular weight is 368 g/mol. The molecule has 1 N–H and O–H groups in total. The number of rotatable bonds is 5. The molecule has 7 nitrogen and oxygen atoms in total. The summed E-state index contributed by atoms with van der Waals surface area (Å²) in [4.78, 5) is 17.8. The summed E-state index contributed by atoms with van der Waals surface area (Å²) in [6, 6.07) is 3.65. The van der Waals surface area contributed by atoms with E-state index in [0.717, 1.165) is 6.42 Å². The smallest absolute Gasteiger partial charge is 0.271 e. The number of nitrogens with one attached hydrogen (secondary N) is 1. The first-order valence-corrected chi connectivity index (χ1v) is 10.4. The molecule has 0 aromatic carbocycles. The lowest BCUT2D eigenvalue weighted by Gasteiger charge is -2.31. The largest absolute Gasteiger partial charge is 0.350 e. The van der Waals surface area contributed by atoms with Gasteiger partial charge >= 0.3 is 0 Å². The van der Waals surface area contributed by atoms with E-state index in [1.807, 2.05) is 22.1 Å². The molecule has 3 rings (SSSR count). The van der Waals surface area contributed by atoms with Crippen LogP contribution in [0.3, 0.4) is 0 Å². The number of carbonyl (C=O) groups excluding carboxylic acids is 1. The Morgan fingerprint density at radius 1 is 1.46 bits per heavy atom. The highest BCUT2D eigenvalue weighted by molar-refractivity contribution is 7.88. The second-order valence-electron chi connectivity index (χ2n) is 5.81. The zero-order chi connectivity index (χ0) is 17.3. The van der Waals surface area contributed by atoms with Crippen molar-refractivity contribution in [1.29, 1.82) is 0 Å². The number of thiophene rings is 1. The van der Waals surface area contributed by atoms with Gasteiger partial charge in [0.2, 0.25) is 10.0 Å². The molecule has 0 fully saturated rings. The molecular formula is C15H20N4O3S2. The molecule has 2 aromatic heterocycles. The van der Waals surface area contributed by atoms with Crippen molar-refractivity contribution in [3.63, 3.8) is 0 Å². The van der Waals surface area contributed by atoms with Crippen LogP contribution in [0, 0.1) is 0 Å². The zero-order valence-corrected chi connectivity index (χ0v) is 15.2. The lowest BCUT2D eigenvalue weighted by Crippen LogP contribution is -2.40. The van der Waals surface area contributed by atoms with E-state index in [1.54, 1.807) is 24.5 Å². The molecule has 1 atom stereocenters. The predicted octanol–water partition coefficient (Wildman–Crippen LogP) is 1.25. The van der Waals surface area contributed by atoms with Crippen LogP contribution in [0.15, 0.2) is 23.7 Å². The highest BCUT2D eigenvalue weighted by Gasteiger charge is 2.32. The topological polar surface area (TPSA) is 84.3 Å². The van der Waals surface area contributed by atoms with Gasteiger partial charge in [0, 0.05) is 30.7 Å². The Hall–Kier alpha value is -1.71. The minimum absolute atomic E-state index is 0.230. The monoisotopic (exact) mass is 368 g/mol. The Kier molecular flexibility index (Phi) is 4.75. The summed E-state index contributed by atoms with van der Waals surface area (Å²) in [5, 5.41) is 4.87. The fourth-order valence-corrected chi connectivity index (χ4v) is 4.67. The van der Waals surface area contributed by atoms with Gasteiger partial charge in [0.15, 0.2) is 0 Å². The number of hydrogen-bond donors (Lipinski definition) is 1. The molecule has 0 bridgehead atoms. The number of amides is 1. The second kappa shape index (κ2) is 6.66. The molecule has 1 amide bonds. The van der Waals surface area contributed by atoms with Gasteiger partial charge in [0.1, 0.15) is 11.5 Å². The van der Waals surface area contributed by atoms with Gasteiger partial charge in [-0.15, -0.1) is 11.3 Å². The Labute approximate surface area is 145 Å². The van der Waals surface area contributed by atoms with Gasteiger partial charge in [-0.2, -0.15) is 4.31 Å². The molecule has 1 aliphatic heterocycles. The number of sulfonamides is 1. The standard InChI is InChI=1S/C15H20N4O3S2/c1-11-14-17-13(10-18(14)7-8-19(11)24(2,21)22)15(20)16-6-5-12-4-3-9-23-12/h3-4,9-11H,5-8H2,1-2H3,(H,16,20)/t11-/m0/s1. The van der Waals surface area contributed by atoms with Crippen LogP contribution in [0.5, 0.6) is 0 Å². The van der Waals surface area contributed by atoms with Crippen LogP contribution in [0.4, 0.5) is 0 Å². The first-order chi connectivity index (χ1) is 11.4. The zero-order valence-electron chi connectivity index (χ0n) is 13.6. The minimum Gasteiger partial charge on any atom is -0.350 e. The van der Waals surface area contributed by atoms with Crippen LogP contribution in [0.1, 0.15) is 34.2 Å². The molecular weight excluding hydrogens is 348 g/mol. The van der Waals surface area contributed by atoms with Crippen LogP contribution >= 0.6 is 11.3 Å². The number of imidazole rings is 1. The first kappa shape index (κ1) is 17.1. The second-order valence-corrected chi connectivity index (χ2v) is 8.78. The van der Waals surface area contributed by atoms with Crippen LogP contribution in [-0.4, -0.2) is 47.5 Å². The fraction of sp³-hybridized carbons (Fsp3) is 0.467. The van der Waals surface area contributed by atoms with E-state index in [1.165, 1.54) is 15.4 Å². The Balaban J connectivity index is 1.67. The highest BCUT2D eigenvalue weighted by Crippen LogP contribution is 2.26. The summed E-state index contributed by atoms with van der Waals surface area (Å²) in [6.45, 7) is 3.23. The molecule has 3 heterocycles. The summed E-state index contributed by atoms with van der Waals surface area (Å²) >= 11 is 1.66. The number of carbonyl (C=O) groups is 1.